The first-order valence-corrected chi connectivity index (χ1v) is 8.37. The molecule has 0 saturated heterocycles. The summed E-state index contributed by atoms with van der Waals surface area (Å²) >= 11 is 0. The summed E-state index contributed by atoms with van der Waals surface area (Å²) in [6.45, 7) is 2.03. The second kappa shape index (κ2) is 6.32. The van der Waals surface area contributed by atoms with Gasteiger partial charge < -0.3 is 15.7 Å². The Balaban J connectivity index is 1.66. The van der Waals surface area contributed by atoms with E-state index in [0.29, 0.717) is 17.2 Å². The smallest absolute Gasteiger partial charge is 0.251 e. The number of hydrogen-bond acceptors (Lipinski definition) is 3. The number of hydrogen-bond donors (Lipinski definition) is 3. The van der Waals surface area contributed by atoms with E-state index in [0.717, 1.165) is 32.1 Å². The molecule has 2 unspecified atom stereocenters. The zero-order chi connectivity index (χ0) is 16.4. The van der Waals surface area contributed by atoms with Crippen LogP contribution in [0.1, 0.15) is 49.4 Å². The fourth-order valence-corrected chi connectivity index (χ4v) is 3.35. The molecule has 1 aromatic carbocycles. The van der Waals surface area contributed by atoms with Gasteiger partial charge in [0.25, 0.3) is 5.91 Å². The van der Waals surface area contributed by atoms with Gasteiger partial charge in [0, 0.05) is 17.2 Å². The van der Waals surface area contributed by atoms with Crippen LogP contribution in [0, 0.1) is 11.8 Å². The van der Waals surface area contributed by atoms with E-state index in [1.54, 1.807) is 24.3 Å². The highest BCUT2D eigenvalue weighted by molar-refractivity contribution is 5.98. The molecule has 2 amide bonds. The predicted octanol–water partition coefficient (Wildman–Crippen LogP) is 2.32. The maximum Gasteiger partial charge on any atom is 0.251 e. The number of anilines is 1. The normalized spacial score (nSPS) is 25.0. The molecule has 5 heteroatoms. The number of carbonyl (C=O) groups excluding carboxylic acids is 2. The first-order valence-electron chi connectivity index (χ1n) is 8.37. The Morgan fingerprint density at radius 3 is 2.61 bits per heavy atom. The van der Waals surface area contributed by atoms with Crippen LogP contribution < -0.4 is 10.6 Å². The van der Waals surface area contributed by atoms with E-state index in [1.807, 2.05) is 0 Å². The van der Waals surface area contributed by atoms with Crippen molar-refractivity contribution in [1.82, 2.24) is 5.32 Å². The highest BCUT2D eigenvalue weighted by Gasteiger charge is 2.39. The van der Waals surface area contributed by atoms with Crippen molar-refractivity contribution < 1.29 is 14.7 Å². The van der Waals surface area contributed by atoms with Gasteiger partial charge >= 0.3 is 0 Å². The molecule has 2 fully saturated rings. The quantitative estimate of drug-likeness (QED) is 0.780. The van der Waals surface area contributed by atoms with E-state index in [-0.39, 0.29) is 24.3 Å². The summed E-state index contributed by atoms with van der Waals surface area (Å²) < 4.78 is 0. The molecule has 0 heterocycles. The van der Waals surface area contributed by atoms with Crippen LogP contribution in [0.4, 0.5) is 5.69 Å². The number of rotatable bonds is 5. The molecule has 0 aliphatic heterocycles. The summed E-state index contributed by atoms with van der Waals surface area (Å²) in [5.41, 5.74) is 0.664. The van der Waals surface area contributed by atoms with Crippen molar-refractivity contribution in [3.63, 3.8) is 0 Å². The molecule has 2 aliphatic carbocycles. The van der Waals surface area contributed by atoms with Crippen molar-refractivity contribution in [2.75, 3.05) is 11.9 Å². The van der Waals surface area contributed by atoms with Gasteiger partial charge in [0.15, 0.2) is 0 Å². The van der Waals surface area contributed by atoms with Crippen molar-refractivity contribution in [3.8, 4) is 0 Å². The molecule has 3 rings (SSSR count). The molecule has 124 valence electrons. The number of nitrogens with one attached hydrogen (secondary N) is 2. The molecule has 0 spiro atoms. The van der Waals surface area contributed by atoms with Gasteiger partial charge in [-0.1, -0.05) is 25.8 Å². The maximum atomic E-state index is 12.5. The van der Waals surface area contributed by atoms with E-state index in [1.165, 1.54) is 0 Å². The third kappa shape index (κ3) is 3.55. The van der Waals surface area contributed by atoms with Crippen molar-refractivity contribution >= 4 is 17.5 Å². The average Bonchev–Trinajstić information content (AvgIpc) is 3.10. The van der Waals surface area contributed by atoms with Crippen molar-refractivity contribution in [1.29, 1.82) is 0 Å². The first-order chi connectivity index (χ1) is 11.0. The average molecular weight is 316 g/mol. The third-order valence-corrected chi connectivity index (χ3v) is 5.08. The Kier molecular flexibility index (Phi) is 4.39. The molecule has 2 aliphatic rings. The lowest BCUT2D eigenvalue weighted by molar-refractivity contribution is -0.117. The topological polar surface area (TPSA) is 78.4 Å². The van der Waals surface area contributed by atoms with Crippen LogP contribution in [0.2, 0.25) is 0 Å². The summed E-state index contributed by atoms with van der Waals surface area (Å²) in [5.74, 6) is 0.381. The monoisotopic (exact) mass is 316 g/mol. The minimum Gasteiger partial charge on any atom is -0.394 e. The summed E-state index contributed by atoms with van der Waals surface area (Å²) in [7, 11) is 0. The number of benzene rings is 1. The summed E-state index contributed by atoms with van der Waals surface area (Å²) in [5, 5.41) is 15.5. The Labute approximate surface area is 136 Å². The van der Waals surface area contributed by atoms with E-state index < -0.39 is 5.54 Å². The number of aliphatic hydroxyl groups is 1. The highest BCUT2D eigenvalue weighted by atomic mass is 16.3. The van der Waals surface area contributed by atoms with Crippen LogP contribution in [-0.4, -0.2) is 29.1 Å². The predicted molar refractivity (Wildman–Crippen MR) is 88.1 cm³/mol. The second-order valence-corrected chi connectivity index (χ2v) is 6.99. The van der Waals surface area contributed by atoms with Crippen LogP contribution >= 0.6 is 0 Å². The maximum absolute atomic E-state index is 12.5. The van der Waals surface area contributed by atoms with Gasteiger partial charge in [0.2, 0.25) is 5.91 Å². The van der Waals surface area contributed by atoms with E-state index in [4.69, 9.17) is 0 Å². The lowest BCUT2D eigenvalue weighted by atomic mass is 9.98. The van der Waals surface area contributed by atoms with Gasteiger partial charge in [-0.25, -0.2) is 0 Å². The summed E-state index contributed by atoms with van der Waals surface area (Å²) in [6, 6.07) is 6.98. The number of carbonyl (C=O) groups is 2. The SMILES string of the molecule is CC1CC1C(=O)Nc1cccc(C(=O)NC2(CO)CCCC2)c1. The lowest BCUT2D eigenvalue weighted by Crippen LogP contribution is -2.49. The van der Waals surface area contributed by atoms with Gasteiger partial charge in [-0.3, -0.25) is 9.59 Å². The molecule has 2 saturated carbocycles. The van der Waals surface area contributed by atoms with Gasteiger partial charge in [-0.05, 0) is 43.4 Å². The molecule has 0 aromatic heterocycles. The molecule has 1 aromatic rings. The van der Waals surface area contributed by atoms with Crippen LogP contribution in [0.25, 0.3) is 0 Å². The number of amides is 2. The van der Waals surface area contributed by atoms with Gasteiger partial charge in [0.05, 0.1) is 12.1 Å². The highest BCUT2D eigenvalue weighted by Crippen LogP contribution is 2.38. The van der Waals surface area contributed by atoms with Crippen LogP contribution in [0.3, 0.4) is 0 Å². The van der Waals surface area contributed by atoms with Crippen LogP contribution in [-0.2, 0) is 4.79 Å². The third-order valence-electron chi connectivity index (χ3n) is 5.08. The molecule has 2 atom stereocenters. The zero-order valence-corrected chi connectivity index (χ0v) is 13.5. The summed E-state index contributed by atoms with van der Waals surface area (Å²) in [4.78, 5) is 24.5. The Morgan fingerprint density at radius 1 is 1.30 bits per heavy atom. The molecule has 23 heavy (non-hydrogen) atoms. The fourth-order valence-electron chi connectivity index (χ4n) is 3.35. The molecule has 0 bridgehead atoms. The minimum atomic E-state index is -0.486. The molecule has 0 radical (unpaired) electrons. The largest absolute Gasteiger partial charge is 0.394 e. The van der Waals surface area contributed by atoms with E-state index in [9.17, 15) is 14.7 Å². The van der Waals surface area contributed by atoms with Crippen molar-refractivity contribution in [2.24, 2.45) is 11.8 Å². The van der Waals surface area contributed by atoms with E-state index >= 15 is 0 Å². The zero-order valence-electron chi connectivity index (χ0n) is 13.5. The van der Waals surface area contributed by atoms with Crippen LogP contribution in [0.5, 0.6) is 0 Å². The molecule has 3 N–H and O–H groups in total. The Bertz CT molecular complexity index is 608. The fraction of sp³-hybridized carbons (Fsp3) is 0.556. The van der Waals surface area contributed by atoms with Crippen molar-refractivity contribution in [2.45, 2.75) is 44.6 Å². The van der Waals surface area contributed by atoms with Gasteiger partial charge in [0.1, 0.15) is 0 Å². The van der Waals surface area contributed by atoms with Crippen molar-refractivity contribution in [3.05, 3.63) is 29.8 Å². The standard InChI is InChI=1S/C18H24N2O3/c1-12-9-15(12)17(23)19-14-6-4-5-13(10-14)16(22)20-18(11-21)7-2-3-8-18/h4-6,10,12,15,21H,2-3,7-9,11H2,1H3,(H,19,23)(H,20,22). The Morgan fingerprint density at radius 2 is 2.00 bits per heavy atom. The molecular weight excluding hydrogens is 292 g/mol. The van der Waals surface area contributed by atoms with Gasteiger partial charge in [-0.15, -0.1) is 0 Å². The minimum absolute atomic E-state index is 0.0256. The lowest BCUT2D eigenvalue weighted by Gasteiger charge is -2.28. The summed E-state index contributed by atoms with van der Waals surface area (Å²) in [6.07, 6.45) is 4.61. The second-order valence-electron chi connectivity index (χ2n) is 6.99. The van der Waals surface area contributed by atoms with Gasteiger partial charge in [-0.2, -0.15) is 0 Å². The molecule has 5 nitrogen and oxygen atoms in total. The van der Waals surface area contributed by atoms with Crippen LogP contribution in [0.15, 0.2) is 24.3 Å². The van der Waals surface area contributed by atoms with E-state index in [2.05, 4.69) is 17.6 Å². The first kappa shape index (κ1) is 16.0. The Hall–Kier alpha value is -1.88. The number of aliphatic hydroxyl groups excluding tert-OH is 1. The molecular formula is C18H24N2O3.